The number of aromatic carboxylic acids is 1. The molecule has 2 rings (SSSR count). The van der Waals surface area contributed by atoms with Gasteiger partial charge in [-0.3, -0.25) is 0 Å². The highest BCUT2D eigenvalue weighted by Crippen LogP contribution is 2.25. The zero-order chi connectivity index (χ0) is 14.7. The molecule has 1 aromatic carbocycles. The average molecular weight is 291 g/mol. The minimum absolute atomic E-state index is 0.0155. The van der Waals surface area contributed by atoms with Crippen LogP contribution >= 0.6 is 11.3 Å². The first-order valence-electron chi connectivity index (χ1n) is 5.66. The molecule has 0 fully saturated rings. The van der Waals surface area contributed by atoms with Crippen LogP contribution in [0, 0.1) is 17.1 Å². The number of nitrogens with zero attached hydrogens (tertiary/aromatic N) is 2. The van der Waals surface area contributed by atoms with Crippen molar-refractivity contribution in [2.24, 2.45) is 0 Å². The number of nitriles is 1. The fourth-order valence-electron chi connectivity index (χ4n) is 1.61. The van der Waals surface area contributed by atoms with Crippen molar-refractivity contribution < 1.29 is 14.3 Å². The molecular formula is C13H10FN3O2S. The molecule has 0 aliphatic rings. The Hall–Kier alpha value is -2.46. The monoisotopic (exact) mass is 291 g/mol. The molecule has 0 saturated heterocycles. The van der Waals surface area contributed by atoms with E-state index in [1.165, 1.54) is 28.8 Å². The van der Waals surface area contributed by atoms with Gasteiger partial charge in [0.15, 0.2) is 5.69 Å². The van der Waals surface area contributed by atoms with Crippen LogP contribution in [0.2, 0.25) is 0 Å². The topological polar surface area (TPSA) is 86.0 Å². The normalized spacial score (nSPS) is 11.7. The zero-order valence-electron chi connectivity index (χ0n) is 10.4. The van der Waals surface area contributed by atoms with Crippen LogP contribution in [0.5, 0.6) is 0 Å². The van der Waals surface area contributed by atoms with E-state index in [2.05, 4.69) is 10.3 Å². The fourth-order valence-corrected chi connectivity index (χ4v) is 2.41. The third-order valence-electron chi connectivity index (χ3n) is 2.59. The van der Waals surface area contributed by atoms with E-state index < -0.39 is 11.8 Å². The number of anilines is 1. The molecule has 0 radical (unpaired) electrons. The molecule has 0 aliphatic carbocycles. The summed E-state index contributed by atoms with van der Waals surface area (Å²) in [6.45, 7) is 1.79. The third-order valence-corrected chi connectivity index (χ3v) is 3.61. The quantitative estimate of drug-likeness (QED) is 0.904. The minimum atomic E-state index is -1.08. The number of nitrogens with one attached hydrogen (secondary N) is 1. The molecule has 20 heavy (non-hydrogen) atoms. The molecule has 2 N–H and O–H groups in total. The first-order chi connectivity index (χ1) is 9.51. The molecule has 1 heterocycles. The van der Waals surface area contributed by atoms with Crippen LogP contribution in [-0.4, -0.2) is 16.1 Å². The van der Waals surface area contributed by atoms with Gasteiger partial charge in [-0.05, 0) is 25.1 Å². The van der Waals surface area contributed by atoms with E-state index in [9.17, 15) is 9.18 Å². The van der Waals surface area contributed by atoms with Crippen molar-refractivity contribution in [3.63, 3.8) is 0 Å². The Labute approximate surface area is 118 Å². The number of hydrogen-bond donors (Lipinski definition) is 2. The van der Waals surface area contributed by atoms with Crippen molar-refractivity contribution in [2.45, 2.75) is 13.0 Å². The fraction of sp³-hybridized carbons (Fsp3) is 0.154. The lowest BCUT2D eigenvalue weighted by Gasteiger charge is -2.13. The number of thiazole rings is 1. The van der Waals surface area contributed by atoms with Crippen molar-refractivity contribution in [3.8, 4) is 6.07 Å². The number of benzene rings is 1. The van der Waals surface area contributed by atoms with Crippen molar-refractivity contribution in [2.75, 3.05) is 5.32 Å². The SMILES string of the molecule is CC(Nc1ccc(F)cc1C#N)c1nc(C(=O)O)cs1. The van der Waals surface area contributed by atoms with Gasteiger partial charge in [-0.15, -0.1) is 11.3 Å². The van der Waals surface area contributed by atoms with E-state index in [4.69, 9.17) is 10.4 Å². The van der Waals surface area contributed by atoms with E-state index in [0.717, 1.165) is 6.07 Å². The summed E-state index contributed by atoms with van der Waals surface area (Å²) >= 11 is 1.21. The van der Waals surface area contributed by atoms with Gasteiger partial charge >= 0.3 is 5.97 Å². The molecule has 0 saturated carbocycles. The third kappa shape index (κ3) is 2.92. The van der Waals surface area contributed by atoms with Gasteiger partial charge in [0.2, 0.25) is 0 Å². The van der Waals surface area contributed by atoms with Crippen LogP contribution < -0.4 is 5.32 Å². The van der Waals surface area contributed by atoms with Crippen LogP contribution in [0.1, 0.15) is 34.0 Å². The lowest BCUT2D eigenvalue weighted by Crippen LogP contribution is -2.08. The second-order valence-corrected chi connectivity index (χ2v) is 4.93. The van der Waals surface area contributed by atoms with Gasteiger partial charge in [0.25, 0.3) is 0 Å². The predicted octanol–water partition coefficient (Wildman–Crippen LogP) is 3.03. The lowest BCUT2D eigenvalue weighted by molar-refractivity contribution is 0.0691. The molecular weight excluding hydrogens is 281 g/mol. The Balaban J connectivity index is 2.21. The molecule has 0 spiro atoms. The van der Waals surface area contributed by atoms with Crippen molar-refractivity contribution in [1.82, 2.24) is 4.98 Å². The van der Waals surface area contributed by atoms with Crippen molar-refractivity contribution in [3.05, 3.63) is 45.7 Å². The van der Waals surface area contributed by atoms with Gasteiger partial charge in [0.05, 0.1) is 17.3 Å². The summed E-state index contributed by atoms with van der Waals surface area (Å²) in [6, 6.07) is 5.47. The second kappa shape index (κ2) is 5.67. The van der Waals surface area contributed by atoms with E-state index in [-0.39, 0.29) is 17.3 Å². The number of rotatable bonds is 4. The van der Waals surface area contributed by atoms with Gasteiger partial charge in [-0.1, -0.05) is 0 Å². The number of carboxylic acid groups (broad SMARTS) is 1. The summed E-state index contributed by atoms with van der Waals surface area (Å²) in [5.74, 6) is -1.57. The molecule has 5 nitrogen and oxygen atoms in total. The number of aromatic nitrogens is 1. The Morgan fingerprint density at radius 1 is 1.60 bits per heavy atom. The molecule has 0 bridgehead atoms. The summed E-state index contributed by atoms with van der Waals surface area (Å²) in [5, 5.41) is 22.8. The predicted molar refractivity (Wildman–Crippen MR) is 72.2 cm³/mol. The molecule has 7 heteroatoms. The van der Waals surface area contributed by atoms with Gasteiger partial charge in [0.1, 0.15) is 16.9 Å². The molecule has 0 amide bonds. The summed E-state index contributed by atoms with van der Waals surface area (Å²) < 4.78 is 13.0. The molecule has 1 aromatic heterocycles. The highest BCUT2D eigenvalue weighted by Gasteiger charge is 2.15. The van der Waals surface area contributed by atoms with Gasteiger partial charge in [0, 0.05) is 5.38 Å². The maximum absolute atomic E-state index is 13.0. The Kier molecular flexibility index (Phi) is 3.96. The summed E-state index contributed by atoms with van der Waals surface area (Å²) in [6.07, 6.45) is 0. The van der Waals surface area contributed by atoms with Crippen LogP contribution in [-0.2, 0) is 0 Å². The standard InChI is InChI=1S/C13H10FN3O2S/c1-7(12-17-11(6-20-12)13(18)19)16-10-3-2-9(14)4-8(10)5-15/h2-4,6-7,16H,1H3,(H,18,19). The summed E-state index contributed by atoms with van der Waals surface area (Å²) in [7, 11) is 0. The number of halogens is 1. The minimum Gasteiger partial charge on any atom is -0.476 e. The van der Waals surface area contributed by atoms with Gasteiger partial charge in [-0.2, -0.15) is 5.26 Å². The summed E-state index contributed by atoms with van der Waals surface area (Å²) in [4.78, 5) is 14.8. The maximum atomic E-state index is 13.0. The zero-order valence-corrected chi connectivity index (χ0v) is 11.2. The maximum Gasteiger partial charge on any atom is 0.355 e. The van der Waals surface area contributed by atoms with E-state index in [1.54, 1.807) is 6.92 Å². The Morgan fingerprint density at radius 3 is 2.95 bits per heavy atom. The number of carboxylic acids is 1. The lowest BCUT2D eigenvalue weighted by atomic mass is 10.1. The van der Waals surface area contributed by atoms with Crippen molar-refractivity contribution >= 4 is 23.0 Å². The highest BCUT2D eigenvalue weighted by atomic mass is 32.1. The molecule has 2 aromatic rings. The highest BCUT2D eigenvalue weighted by molar-refractivity contribution is 7.09. The van der Waals surface area contributed by atoms with E-state index >= 15 is 0 Å². The van der Waals surface area contributed by atoms with Crippen LogP contribution in [0.4, 0.5) is 10.1 Å². The van der Waals surface area contributed by atoms with Crippen LogP contribution in [0.25, 0.3) is 0 Å². The van der Waals surface area contributed by atoms with Gasteiger partial charge < -0.3 is 10.4 Å². The first kappa shape index (κ1) is 14.0. The Morgan fingerprint density at radius 2 is 2.35 bits per heavy atom. The van der Waals surface area contributed by atoms with E-state index in [1.807, 2.05) is 6.07 Å². The molecule has 1 unspecified atom stereocenters. The smallest absolute Gasteiger partial charge is 0.355 e. The van der Waals surface area contributed by atoms with Crippen LogP contribution in [0.15, 0.2) is 23.6 Å². The largest absolute Gasteiger partial charge is 0.476 e. The second-order valence-electron chi connectivity index (χ2n) is 4.04. The van der Waals surface area contributed by atoms with Crippen LogP contribution in [0.3, 0.4) is 0 Å². The number of hydrogen-bond acceptors (Lipinski definition) is 5. The average Bonchev–Trinajstić information content (AvgIpc) is 2.90. The van der Waals surface area contributed by atoms with Gasteiger partial charge in [-0.25, -0.2) is 14.2 Å². The van der Waals surface area contributed by atoms with E-state index in [0.29, 0.717) is 10.7 Å². The summed E-state index contributed by atoms with van der Waals surface area (Å²) in [5.41, 5.74) is 0.651. The Bertz CT molecular complexity index is 693. The first-order valence-corrected chi connectivity index (χ1v) is 6.54. The van der Waals surface area contributed by atoms with Crippen molar-refractivity contribution in [1.29, 1.82) is 5.26 Å². The molecule has 1 atom stereocenters. The number of carbonyl (C=O) groups is 1. The molecule has 0 aliphatic heterocycles. The molecule has 102 valence electrons.